The van der Waals surface area contributed by atoms with Crippen LogP contribution >= 0.6 is 0 Å². The first-order chi connectivity index (χ1) is 14.4. The zero-order valence-corrected chi connectivity index (χ0v) is 18.3. The minimum Gasteiger partial charge on any atom is -0.372 e. The molecule has 3 aromatic rings. The van der Waals surface area contributed by atoms with Crippen LogP contribution < -0.4 is 0 Å². The van der Waals surface area contributed by atoms with Crippen molar-refractivity contribution in [2.24, 2.45) is 0 Å². The van der Waals surface area contributed by atoms with Gasteiger partial charge in [0.2, 0.25) is 0 Å². The van der Waals surface area contributed by atoms with Gasteiger partial charge in [-0.25, -0.2) is 0 Å². The van der Waals surface area contributed by atoms with E-state index in [1.54, 1.807) is 0 Å². The first-order valence-corrected chi connectivity index (χ1v) is 11.3. The SMILES string of the molecule is CC(C)(C)c1ccc(C[C@@H]2C[C@H]3O[C@H](Cc4ccc5ccccc5c4)C[C@H]3O2)cc1. The lowest BCUT2D eigenvalue weighted by atomic mass is 9.86. The van der Waals surface area contributed by atoms with Gasteiger partial charge < -0.3 is 9.47 Å². The molecule has 0 radical (unpaired) electrons. The number of hydrogen-bond acceptors (Lipinski definition) is 2. The van der Waals surface area contributed by atoms with Crippen molar-refractivity contribution in [3.8, 4) is 0 Å². The molecule has 0 N–H and O–H groups in total. The highest BCUT2D eigenvalue weighted by atomic mass is 16.6. The molecule has 0 unspecified atom stereocenters. The fourth-order valence-corrected chi connectivity index (χ4v) is 5.01. The normalized spacial score (nSPS) is 26.2. The van der Waals surface area contributed by atoms with Gasteiger partial charge >= 0.3 is 0 Å². The van der Waals surface area contributed by atoms with E-state index in [-0.39, 0.29) is 29.8 Å². The molecule has 2 heteroatoms. The zero-order chi connectivity index (χ0) is 20.7. The standard InChI is InChI=1S/C28H32O2/c1-28(2,3)23-12-9-19(10-13-23)15-24-17-26-27(29-24)18-25(30-26)16-20-8-11-21-6-4-5-7-22(21)14-20/h4-14,24-27H,15-18H2,1-3H3/t24-,25-,26-,27-/m1/s1. The van der Waals surface area contributed by atoms with Crippen LogP contribution in [0.1, 0.15) is 50.3 Å². The highest BCUT2D eigenvalue weighted by Gasteiger charge is 2.43. The monoisotopic (exact) mass is 400 g/mol. The van der Waals surface area contributed by atoms with Crippen LogP contribution in [0.4, 0.5) is 0 Å². The van der Waals surface area contributed by atoms with E-state index in [9.17, 15) is 0 Å². The van der Waals surface area contributed by atoms with Crippen molar-refractivity contribution in [1.82, 2.24) is 0 Å². The zero-order valence-electron chi connectivity index (χ0n) is 18.3. The van der Waals surface area contributed by atoms with Crippen molar-refractivity contribution >= 4 is 10.8 Å². The van der Waals surface area contributed by atoms with Gasteiger partial charge in [0.25, 0.3) is 0 Å². The summed E-state index contributed by atoms with van der Waals surface area (Å²) in [6.45, 7) is 6.78. The van der Waals surface area contributed by atoms with Crippen LogP contribution in [-0.4, -0.2) is 24.4 Å². The molecule has 2 saturated heterocycles. The first-order valence-electron chi connectivity index (χ1n) is 11.3. The Morgan fingerprint density at radius 3 is 1.90 bits per heavy atom. The van der Waals surface area contributed by atoms with Gasteiger partial charge in [0.15, 0.2) is 0 Å². The second kappa shape index (κ2) is 7.83. The van der Waals surface area contributed by atoms with Crippen molar-refractivity contribution in [2.45, 2.75) is 76.3 Å². The van der Waals surface area contributed by atoms with E-state index in [0.717, 1.165) is 25.7 Å². The minimum atomic E-state index is 0.202. The van der Waals surface area contributed by atoms with E-state index >= 15 is 0 Å². The van der Waals surface area contributed by atoms with Gasteiger partial charge in [-0.15, -0.1) is 0 Å². The Balaban J connectivity index is 1.16. The minimum absolute atomic E-state index is 0.202. The Bertz CT molecular complexity index is 1000. The predicted octanol–water partition coefficient (Wildman–Crippen LogP) is 6.24. The van der Waals surface area contributed by atoms with E-state index in [2.05, 4.69) is 87.5 Å². The fraction of sp³-hybridized carbons (Fsp3) is 0.429. The van der Waals surface area contributed by atoms with Crippen molar-refractivity contribution in [1.29, 1.82) is 0 Å². The van der Waals surface area contributed by atoms with Gasteiger partial charge in [-0.05, 0) is 45.7 Å². The second-order valence-electron chi connectivity index (χ2n) is 10.1. The Labute approximate surface area is 180 Å². The van der Waals surface area contributed by atoms with Crippen LogP contribution in [0.2, 0.25) is 0 Å². The summed E-state index contributed by atoms with van der Waals surface area (Å²) in [6.07, 6.45) is 5.05. The lowest BCUT2D eigenvalue weighted by Gasteiger charge is -2.20. The number of fused-ring (bicyclic) bond motifs is 2. The van der Waals surface area contributed by atoms with Gasteiger partial charge in [0, 0.05) is 12.8 Å². The van der Waals surface area contributed by atoms with Gasteiger partial charge in [-0.3, -0.25) is 0 Å². The van der Waals surface area contributed by atoms with Crippen molar-refractivity contribution < 1.29 is 9.47 Å². The van der Waals surface area contributed by atoms with Gasteiger partial charge in [-0.2, -0.15) is 0 Å². The molecule has 3 aromatic carbocycles. The summed E-state index contributed by atoms with van der Waals surface area (Å²) in [4.78, 5) is 0. The molecule has 0 amide bonds. The topological polar surface area (TPSA) is 18.5 Å². The molecule has 4 atom stereocenters. The average Bonchev–Trinajstić information content (AvgIpc) is 3.25. The number of rotatable bonds is 4. The van der Waals surface area contributed by atoms with Crippen molar-refractivity contribution in [2.75, 3.05) is 0 Å². The molecule has 0 aliphatic carbocycles. The van der Waals surface area contributed by atoms with Gasteiger partial charge in [0.05, 0.1) is 24.4 Å². The molecule has 0 bridgehead atoms. The highest BCUT2D eigenvalue weighted by Crippen LogP contribution is 2.36. The maximum Gasteiger partial charge on any atom is 0.0866 e. The fourth-order valence-electron chi connectivity index (χ4n) is 5.01. The van der Waals surface area contributed by atoms with E-state index in [4.69, 9.17) is 9.47 Å². The van der Waals surface area contributed by atoms with Crippen LogP contribution in [-0.2, 0) is 27.7 Å². The molecule has 156 valence electrons. The van der Waals surface area contributed by atoms with Gasteiger partial charge in [0.1, 0.15) is 0 Å². The summed E-state index contributed by atoms with van der Waals surface area (Å²) in [5, 5.41) is 2.61. The molecule has 2 heterocycles. The Morgan fingerprint density at radius 2 is 1.27 bits per heavy atom. The summed E-state index contributed by atoms with van der Waals surface area (Å²) < 4.78 is 12.8. The molecule has 30 heavy (non-hydrogen) atoms. The van der Waals surface area contributed by atoms with Gasteiger partial charge in [-0.1, -0.05) is 87.5 Å². The molecule has 2 aliphatic heterocycles. The first kappa shape index (κ1) is 19.8. The predicted molar refractivity (Wildman–Crippen MR) is 123 cm³/mol. The average molecular weight is 401 g/mol. The van der Waals surface area contributed by atoms with Crippen LogP contribution in [0, 0.1) is 0 Å². The summed E-state index contributed by atoms with van der Waals surface area (Å²) >= 11 is 0. The van der Waals surface area contributed by atoms with E-state index in [1.807, 2.05) is 0 Å². The molecule has 0 saturated carbocycles. The summed E-state index contributed by atoms with van der Waals surface area (Å²) in [5.41, 5.74) is 4.30. The Kier molecular flexibility index (Phi) is 5.16. The Morgan fingerprint density at radius 1 is 0.700 bits per heavy atom. The molecular formula is C28H32O2. The lowest BCUT2D eigenvalue weighted by molar-refractivity contribution is 0.0340. The van der Waals surface area contributed by atoms with Crippen LogP contribution in [0.3, 0.4) is 0 Å². The van der Waals surface area contributed by atoms with E-state index in [1.165, 1.54) is 27.5 Å². The van der Waals surface area contributed by atoms with Crippen LogP contribution in [0.25, 0.3) is 10.8 Å². The van der Waals surface area contributed by atoms with E-state index < -0.39 is 0 Å². The van der Waals surface area contributed by atoms with Crippen LogP contribution in [0.5, 0.6) is 0 Å². The Hall–Kier alpha value is -2.16. The summed E-state index contributed by atoms with van der Waals surface area (Å²) in [7, 11) is 0. The molecule has 0 aromatic heterocycles. The van der Waals surface area contributed by atoms with Crippen molar-refractivity contribution in [3.05, 3.63) is 83.4 Å². The molecular weight excluding hydrogens is 368 g/mol. The largest absolute Gasteiger partial charge is 0.372 e. The molecule has 5 rings (SSSR count). The number of ether oxygens (including phenoxy) is 2. The third-order valence-electron chi connectivity index (χ3n) is 6.70. The lowest BCUT2D eigenvalue weighted by Crippen LogP contribution is -2.18. The third kappa shape index (κ3) is 4.17. The van der Waals surface area contributed by atoms with Crippen LogP contribution in [0.15, 0.2) is 66.7 Å². The summed E-state index contributed by atoms with van der Waals surface area (Å²) in [6, 6.07) is 24.4. The molecule has 2 nitrogen and oxygen atoms in total. The van der Waals surface area contributed by atoms with E-state index in [0.29, 0.717) is 0 Å². The molecule has 2 fully saturated rings. The van der Waals surface area contributed by atoms with Crippen molar-refractivity contribution in [3.63, 3.8) is 0 Å². The number of hydrogen-bond donors (Lipinski definition) is 0. The number of benzene rings is 3. The molecule has 0 spiro atoms. The smallest absolute Gasteiger partial charge is 0.0866 e. The highest BCUT2D eigenvalue weighted by molar-refractivity contribution is 5.83. The second-order valence-corrected chi connectivity index (χ2v) is 10.1. The third-order valence-corrected chi connectivity index (χ3v) is 6.70. The maximum absolute atomic E-state index is 6.41. The molecule has 2 aliphatic rings. The quantitative estimate of drug-likeness (QED) is 0.516. The maximum atomic E-state index is 6.41. The summed E-state index contributed by atoms with van der Waals surface area (Å²) in [5.74, 6) is 0.